The van der Waals surface area contributed by atoms with E-state index in [0.29, 0.717) is 12.5 Å². The third-order valence-electron chi connectivity index (χ3n) is 3.82. The van der Waals surface area contributed by atoms with Crippen molar-refractivity contribution in [3.63, 3.8) is 0 Å². The number of amides is 1. The highest BCUT2D eigenvalue weighted by atomic mass is 16.2. The monoisotopic (exact) mass is 246 g/mol. The van der Waals surface area contributed by atoms with E-state index in [1.165, 1.54) is 6.42 Å². The molecule has 0 bridgehead atoms. The topological polar surface area (TPSA) is 46.3 Å². The van der Waals surface area contributed by atoms with E-state index in [9.17, 15) is 4.79 Å². The Hall–Kier alpha value is -1.51. The van der Waals surface area contributed by atoms with Crippen molar-refractivity contribution in [3.8, 4) is 0 Å². The Morgan fingerprint density at radius 3 is 2.89 bits per heavy atom. The van der Waals surface area contributed by atoms with Gasteiger partial charge >= 0.3 is 0 Å². The summed E-state index contributed by atoms with van der Waals surface area (Å²) in [6.07, 6.45) is 5.01. The second kappa shape index (κ2) is 5.89. The molecule has 0 spiro atoms. The molecule has 1 aliphatic rings. The Labute approximate surface area is 109 Å². The summed E-state index contributed by atoms with van der Waals surface area (Å²) in [7, 11) is 0. The minimum Gasteiger partial charge on any atom is -0.398 e. The summed E-state index contributed by atoms with van der Waals surface area (Å²) in [5.41, 5.74) is 7.56. The lowest BCUT2D eigenvalue weighted by atomic mass is 9.98. The maximum Gasteiger partial charge on any atom is 0.227 e. The lowest BCUT2D eigenvalue weighted by molar-refractivity contribution is -0.134. The normalized spacial score (nSPS) is 19.8. The van der Waals surface area contributed by atoms with Gasteiger partial charge in [0.15, 0.2) is 0 Å². The quantitative estimate of drug-likeness (QED) is 0.833. The zero-order valence-corrected chi connectivity index (χ0v) is 11.1. The van der Waals surface area contributed by atoms with Crippen molar-refractivity contribution in [2.75, 3.05) is 12.3 Å². The number of piperidine rings is 1. The predicted molar refractivity (Wildman–Crippen MR) is 74.2 cm³/mol. The first-order chi connectivity index (χ1) is 8.72. The molecule has 1 aromatic carbocycles. The number of nitrogens with zero attached hydrogens (tertiary/aromatic N) is 1. The number of anilines is 1. The van der Waals surface area contributed by atoms with E-state index in [1.807, 2.05) is 24.3 Å². The Bertz CT molecular complexity index is 417. The van der Waals surface area contributed by atoms with Gasteiger partial charge in [0.25, 0.3) is 0 Å². The summed E-state index contributed by atoms with van der Waals surface area (Å²) in [4.78, 5) is 14.4. The number of carbonyl (C=O) groups is 1. The molecule has 1 amide bonds. The molecule has 1 fully saturated rings. The second-order valence-corrected chi connectivity index (χ2v) is 5.02. The maximum absolute atomic E-state index is 12.4. The van der Waals surface area contributed by atoms with Crippen LogP contribution < -0.4 is 5.73 Å². The van der Waals surface area contributed by atoms with Gasteiger partial charge in [-0.2, -0.15) is 0 Å². The molecular weight excluding hydrogens is 224 g/mol. The molecule has 1 aliphatic heterocycles. The Kier molecular flexibility index (Phi) is 4.24. The van der Waals surface area contributed by atoms with Gasteiger partial charge in [0.1, 0.15) is 0 Å². The molecule has 3 nitrogen and oxygen atoms in total. The van der Waals surface area contributed by atoms with Gasteiger partial charge < -0.3 is 10.6 Å². The molecule has 3 heteroatoms. The van der Waals surface area contributed by atoms with E-state index in [2.05, 4.69) is 11.8 Å². The van der Waals surface area contributed by atoms with Crippen molar-refractivity contribution < 1.29 is 4.79 Å². The molecule has 1 saturated heterocycles. The fraction of sp³-hybridized carbons (Fsp3) is 0.533. The van der Waals surface area contributed by atoms with E-state index in [4.69, 9.17) is 5.73 Å². The first-order valence-electron chi connectivity index (χ1n) is 6.85. The van der Waals surface area contributed by atoms with Crippen LogP contribution in [0.15, 0.2) is 24.3 Å². The van der Waals surface area contributed by atoms with E-state index in [0.717, 1.165) is 37.1 Å². The Morgan fingerprint density at radius 2 is 2.17 bits per heavy atom. The van der Waals surface area contributed by atoms with Crippen molar-refractivity contribution in [2.45, 2.75) is 45.1 Å². The fourth-order valence-corrected chi connectivity index (χ4v) is 2.71. The van der Waals surface area contributed by atoms with Crippen LogP contribution in [0.25, 0.3) is 0 Å². The van der Waals surface area contributed by atoms with E-state index >= 15 is 0 Å². The zero-order valence-electron chi connectivity index (χ0n) is 11.1. The molecule has 0 aliphatic carbocycles. The van der Waals surface area contributed by atoms with Crippen LogP contribution in [0.5, 0.6) is 0 Å². The summed E-state index contributed by atoms with van der Waals surface area (Å²) in [5.74, 6) is 0.222. The third-order valence-corrected chi connectivity index (χ3v) is 3.82. The maximum atomic E-state index is 12.4. The molecule has 1 heterocycles. The molecule has 0 saturated carbocycles. The fourth-order valence-electron chi connectivity index (χ4n) is 2.71. The molecule has 0 radical (unpaired) electrons. The van der Waals surface area contributed by atoms with Crippen LogP contribution in [0.1, 0.15) is 38.2 Å². The van der Waals surface area contributed by atoms with Crippen molar-refractivity contribution >= 4 is 11.6 Å². The highest BCUT2D eigenvalue weighted by Gasteiger charge is 2.25. The molecule has 0 aromatic heterocycles. The Balaban J connectivity index is 2.05. The number of para-hydroxylation sites is 1. The summed E-state index contributed by atoms with van der Waals surface area (Å²) in [6, 6.07) is 8.07. The molecule has 1 atom stereocenters. The summed E-state index contributed by atoms with van der Waals surface area (Å²) in [5, 5.41) is 0. The number of nitrogens with two attached hydrogens (primary N) is 1. The van der Waals surface area contributed by atoms with Crippen LogP contribution in [0, 0.1) is 0 Å². The second-order valence-electron chi connectivity index (χ2n) is 5.02. The SMILES string of the molecule is CCC1CCCCN1C(=O)Cc1ccccc1N. The average molecular weight is 246 g/mol. The lowest BCUT2D eigenvalue weighted by Gasteiger charge is -2.35. The van der Waals surface area contributed by atoms with Gasteiger partial charge in [-0.25, -0.2) is 0 Å². The van der Waals surface area contributed by atoms with Gasteiger partial charge in [-0.05, 0) is 37.3 Å². The van der Waals surface area contributed by atoms with Gasteiger partial charge in [0.2, 0.25) is 5.91 Å². The molecule has 18 heavy (non-hydrogen) atoms. The number of nitrogen functional groups attached to an aromatic ring is 1. The molecular formula is C15H22N2O. The van der Waals surface area contributed by atoms with Crippen LogP contribution in [0.4, 0.5) is 5.69 Å². The van der Waals surface area contributed by atoms with E-state index < -0.39 is 0 Å². The molecule has 2 N–H and O–H groups in total. The van der Waals surface area contributed by atoms with Gasteiger partial charge in [-0.3, -0.25) is 4.79 Å². The molecule has 1 unspecified atom stereocenters. The van der Waals surface area contributed by atoms with E-state index in [1.54, 1.807) is 0 Å². The van der Waals surface area contributed by atoms with Gasteiger partial charge in [0.05, 0.1) is 6.42 Å². The van der Waals surface area contributed by atoms with Gasteiger partial charge in [0, 0.05) is 18.3 Å². The van der Waals surface area contributed by atoms with Crippen molar-refractivity contribution in [1.29, 1.82) is 0 Å². The summed E-state index contributed by atoms with van der Waals surface area (Å²) < 4.78 is 0. The first-order valence-corrected chi connectivity index (χ1v) is 6.85. The number of likely N-dealkylation sites (tertiary alicyclic amines) is 1. The van der Waals surface area contributed by atoms with Crippen LogP contribution in [-0.2, 0) is 11.2 Å². The largest absolute Gasteiger partial charge is 0.398 e. The molecule has 98 valence electrons. The number of benzene rings is 1. The van der Waals surface area contributed by atoms with Crippen LogP contribution in [0.2, 0.25) is 0 Å². The summed E-state index contributed by atoms with van der Waals surface area (Å²) >= 11 is 0. The molecule has 1 aromatic rings. The minimum atomic E-state index is 0.222. The van der Waals surface area contributed by atoms with Gasteiger partial charge in [-0.15, -0.1) is 0 Å². The number of carbonyl (C=O) groups excluding carboxylic acids is 1. The van der Waals surface area contributed by atoms with Crippen molar-refractivity contribution in [2.24, 2.45) is 0 Å². The number of hydrogen-bond donors (Lipinski definition) is 1. The third kappa shape index (κ3) is 2.84. The van der Waals surface area contributed by atoms with Crippen LogP contribution in [0.3, 0.4) is 0 Å². The summed E-state index contributed by atoms with van der Waals surface area (Å²) in [6.45, 7) is 3.07. The number of rotatable bonds is 3. The van der Waals surface area contributed by atoms with E-state index in [-0.39, 0.29) is 5.91 Å². The van der Waals surface area contributed by atoms with Crippen LogP contribution >= 0.6 is 0 Å². The average Bonchev–Trinajstić information content (AvgIpc) is 2.41. The molecule has 2 rings (SSSR count). The smallest absolute Gasteiger partial charge is 0.227 e. The Morgan fingerprint density at radius 1 is 1.39 bits per heavy atom. The van der Waals surface area contributed by atoms with Crippen molar-refractivity contribution in [1.82, 2.24) is 4.90 Å². The minimum absolute atomic E-state index is 0.222. The predicted octanol–water partition coefficient (Wildman–Crippen LogP) is 2.60. The van der Waals surface area contributed by atoms with Crippen LogP contribution in [-0.4, -0.2) is 23.4 Å². The lowest BCUT2D eigenvalue weighted by Crippen LogP contribution is -2.44. The van der Waals surface area contributed by atoms with Crippen molar-refractivity contribution in [3.05, 3.63) is 29.8 Å². The first kappa shape index (κ1) is 12.9. The zero-order chi connectivity index (χ0) is 13.0. The van der Waals surface area contributed by atoms with Gasteiger partial charge in [-0.1, -0.05) is 25.1 Å². The highest BCUT2D eigenvalue weighted by Crippen LogP contribution is 2.21. The standard InChI is InChI=1S/C15H22N2O/c1-2-13-8-5-6-10-17(13)15(18)11-12-7-3-4-9-14(12)16/h3-4,7,9,13H,2,5-6,8,10-11,16H2,1H3. The highest BCUT2D eigenvalue weighted by molar-refractivity contribution is 5.80. The number of hydrogen-bond acceptors (Lipinski definition) is 2.